The quantitative estimate of drug-likeness (QED) is 0.767. The molecule has 5 heteroatoms. The van der Waals surface area contributed by atoms with Gasteiger partial charge in [0.2, 0.25) is 0 Å². The Bertz CT molecular complexity index is 835. The third-order valence-electron chi connectivity index (χ3n) is 3.20. The van der Waals surface area contributed by atoms with Crippen molar-refractivity contribution in [2.45, 2.75) is 6.54 Å². The minimum atomic E-state index is 0.400. The fraction of sp³-hybridized carbons (Fsp3) is 0.0625. The Labute approximate surface area is 122 Å². The van der Waals surface area contributed by atoms with Crippen LogP contribution in [0.1, 0.15) is 11.3 Å². The highest BCUT2D eigenvalue weighted by Crippen LogP contribution is 2.20. The van der Waals surface area contributed by atoms with Gasteiger partial charge < -0.3 is 11.1 Å². The number of anilines is 2. The van der Waals surface area contributed by atoms with Crippen LogP contribution in [-0.2, 0) is 6.54 Å². The number of nitrogen functional groups attached to an aromatic ring is 1. The van der Waals surface area contributed by atoms with E-state index in [0.29, 0.717) is 23.9 Å². The summed E-state index contributed by atoms with van der Waals surface area (Å²) in [6.45, 7) is 0.625. The highest BCUT2D eigenvalue weighted by Gasteiger charge is 2.01. The summed E-state index contributed by atoms with van der Waals surface area (Å²) in [5.41, 5.74) is 7.34. The van der Waals surface area contributed by atoms with Crippen LogP contribution in [0.25, 0.3) is 10.8 Å². The zero-order valence-corrected chi connectivity index (χ0v) is 11.2. The predicted molar refractivity (Wildman–Crippen MR) is 82.4 cm³/mol. The molecule has 0 saturated heterocycles. The van der Waals surface area contributed by atoms with Crippen LogP contribution in [-0.4, -0.2) is 9.97 Å². The van der Waals surface area contributed by atoms with Crippen molar-refractivity contribution in [3.05, 3.63) is 59.9 Å². The summed E-state index contributed by atoms with van der Waals surface area (Å²) in [4.78, 5) is 8.25. The fourth-order valence-corrected chi connectivity index (χ4v) is 2.15. The van der Waals surface area contributed by atoms with E-state index in [1.165, 1.54) is 0 Å². The Morgan fingerprint density at radius 1 is 1.19 bits per heavy atom. The molecule has 0 aliphatic rings. The van der Waals surface area contributed by atoms with E-state index in [-0.39, 0.29) is 0 Å². The lowest BCUT2D eigenvalue weighted by Gasteiger charge is -2.07. The lowest BCUT2D eigenvalue weighted by molar-refractivity contribution is 1.11. The largest absolute Gasteiger partial charge is 0.383 e. The Morgan fingerprint density at radius 2 is 2.10 bits per heavy atom. The summed E-state index contributed by atoms with van der Waals surface area (Å²) in [6, 6.07) is 15.3. The van der Waals surface area contributed by atoms with Crippen molar-refractivity contribution < 1.29 is 0 Å². The molecule has 2 heterocycles. The molecular weight excluding hydrogens is 262 g/mol. The minimum Gasteiger partial charge on any atom is -0.383 e. The van der Waals surface area contributed by atoms with Gasteiger partial charge in [0.05, 0.1) is 0 Å². The van der Waals surface area contributed by atoms with E-state index < -0.39 is 0 Å². The van der Waals surface area contributed by atoms with Crippen LogP contribution < -0.4 is 11.1 Å². The Balaban J connectivity index is 1.80. The van der Waals surface area contributed by atoms with Crippen LogP contribution in [0.2, 0.25) is 0 Å². The van der Waals surface area contributed by atoms with Gasteiger partial charge in [-0.1, -0.05) is 18.2 Å². The van der Waals surface area contributed by atoms with Gasteiger partial charge >= 0.3 is 0 Å². The maximum atomic E-state index is 8.83. The first-order chi connectivity index (χ1) is 10.3. The van der Waals surface area contributed by atoms with Gasteiger partial charge in [0.1, 0.15) is 23.4 Å². The SMILES string of the molecule is N#Cc1cccc(NCc2ccc3c(N)nccc3c2)n1. The monoisotopic (exact) mass is 275 g/mol. The molecule has 1 aromatic carbocycles. The van der Waals surface area contributed by atoms with Crippen molar-refractivity contribution in [2.24, 2.45) is 0 Å². The van der Waals surface area contributed by atoms with E-state index in [9.17, 15) is 0 Å². The second kappa shape index (κ2) is 5.47. The zero-order chi connectivity index (χ0) is 14.7. The van der Waals surface area contributed by atoms with Crippen molar-refractivity contribution in [3.8, 4) is 6.07 Å². The topological polar surface area (TPSA) is 87.6 Å². The molecule has 21 heavy (non-hydrogen) atoms. The van der Waals surface area contributed by atoms with E-state index in [4.69, 9.17) is 11.0 Å². The van der Waals surface area contributed by atoms with E-state index in [2.05, 4.69) is 21.4 Å². The summed E-state index contributed by atoms with van der Waals surface area (Å²) < 4.78 is 0. The van der Waals surface area contributed by atoms with E-state index in [1.54, 1.807) is 18.3 Å². The van der Waals surface area contributed by atoms with E-state index in [1.807, 2.05) is 30.3 Å². The number of pyridine rings is 2. The lowest BCUT2D eigenvalue weighted by Crippen LogP contribution is -2.02. The number of benzene rings is 1. The Morgan fingerprint density at radius 3 is 2.95 bits per heavy atom. The first-order valence-corrected chi connectivity index (χ1v) is 6.50. The molecule has 3 aromatic rings. The molecule has 0 spiro atoms. The van der Waals surface area contributed by atoms with Crippen LogP contribution in [0, 0.1) is 11.3 Å². The van der Waals surface area contributed by atoms with Gasteiger partial charge in [0.25, 0.3) is 0 Å². The molecule has 0 fully saturated rings. The predicted octanol–water partition coefficient (Wildman–Crippen LogP) is 2.70. The summed E-state index contributed by atoms with van der Waals surface area (Å²) in [7, 11) is 0. The number of nitrogens with one attached hydrogen (secondary N) is 1. The maximum absolute atomic E-state index is 8.83. The molecule has 0 saturated carbocycles. The highest BCUT2D eigenvalue weighted by molar-refractivity contribution is 5.91. The highest BCUT2D eigenvalue weighted by atomic mass is 15.0. The number of nitrogens with zero attached hydrogens (tertiary/aromatic N) is 3. The zero-order valence-electron chi connectivity index (χ0n) is 11.2. The van der Waals surface area contributed by atoms with Crippen molar-refractivity contribution >= 4 is 22.4 Å². The van der Waals surface area contributed by atoms with Gasteiger partial charge in [0, 0.05) is 18.1 Å². The molecule has 3 rings (SSSR count). The van der Waals surface area contributed by atoms with Crippen LogP contribution in [0.5, 0.6) is 0 Å². The van der Waals surface area contributed by atoms with E-state index >= 15 is 0 Å². The number of nitriles is 1. The number of aromatic nitrogens is 2. The molecule has 3 N–H and O–H groups in total. The van der Waals surface area contributed by atoms with Crippen molar-refractivity contribution in [3.63, 3.8) is 0 Å². The minimum absolute atomic E-state index is 0.400. The smallest absolute Gasteiger partial charge is 0.142 e. The summed E-state index contributed by atoms with van der Waals surface area (Å²) >= 11 is 0. The molecular formula is C16H13N5. The van der Waals surface area contributed by atoms with Crippen molar-refractivity contribution in [1.29, 1.82) is 5.26 Å². The Kier molecular flexibility index (Phi) is 3.36. The Hall–Kier alpha value is -3.13. The second-order valence-electron chi connectivity index (χ2n) is 4.63. The molecule has 0 aliphatic carbocycles. The van der Waals surface area contributed by atoms with Crippen LogP contribution in [0.15, 0.2) is 48.7 Å². The first-order valence-electron chi connectivity index (χ1n) is 6.50. The lowest BCUT2D eigenvalue weighted by atomic mass is 10.1. The number of rotatable bonds is 3. The number of hydrogen-bond donors (Lipinski definition) is 2. The van der Waals surface area contributed by atoms with Gasteiger partial charge in [0.15, 0.2) is 0 Å². The summed E-state index contributed by atoms with van der Waals surface area (Å²) in [5.74, 6) is 1.22. The van der Waals surface area contributed by atoms with Crippen LogP contribution in [0.3, 0.4) is 0 Å². The van der Waals surface area contributed by atoms with Crippen molar-refractivity contribution in [1.82, 2.24) is 9.97 Å². The first kappa shape index (κ1) is 12.9. The summed E-state index contributed by atoms with van der Waals surface area (Å²) in [6.07, 6.45) is 1.70. The van der Waals surface area contributed by atoms with Gasteiger partial charge in [-0.25, -0.2) is 9.97 Å². The van der Waals surface area contributed by atoms with Crippen molar-refractivity contribution in [2.75, 3.05) is 11.1 Å². The van der Waals surface area contributed by atoms with Gasteiger partial charge in [-0.05, 0) is 35.2 Å². The van der Waals surface area contributed by atoms with Gasteiger partial charge in [-0.15, -0.1) is 0 Å². The average molecular weight is 275 g/mol. The molecule has 0 unspecified atom stereocenters. The van der Waals surface area contributed by atoms with Crippen LogP contribution >= 0.6 is 0 Å². The molecule has 0 bridgehead atoms. The molecule has 2 aromatic heterocycles. The van der Waals surface area contributed by atoms with Crippen LogP contribution in [0.4, 0.5) is 11.6 Å². The third kappa shape index (κ3) is 2.74. The molecule has 0 amide bonds. The molecule has 0 radical (unpaired) electrons. The summed E-state index contributed by atoms with van der Waals surface area (Å²) in [5, 5.41) is 14.0. The fourth-order valence-electron chi connectivity index (χ4n) is 2.15. The van der Waals surface area contributed by atoms with E-state index in [0.717, 1.165) is 16.3 Å². The normalized spacial score (nSPS) is 10.2. The molecule has 0 atom stereocenters. The third-order valence-corrected chi connectivity index (χ3v) is 3.20. The number of hydrogen-bond acceptors (Lipinski definition) is 5. The molecule has 102 valence electrons. The number of nitrogens with two attached hydrogens (primary N) is 1. The molecule has 5 nitrogen and oxygen atoms in total. The average Bonchev–Trinajstić information content (AvgIpc) is 2.53. The maximum Gasteiger partial charge on any atom is 0.142 e. The van der Waals surface area contributed by atoms with Gasteiger partial charge in [-0.2, -0.15) is 5.26 Å². The second-order valence-corrected chi connectivity index (χ2v) is 4.63. The standard InChI is InChI=1S/C16H13N5/c17-9-13-2-1-3-15(21-13)20-10-11-4-5-14-12(8-11)6-7-19-16(14)18/h1-8H,10H2,(H2,18,19)(H,20,21). The van der Waals surface area contributed by atoms with Gasteiger partial charge in [-0.3, -0.25) is 0 Å². The number of fused-ring (bicyclic) bond motifs is 1. The molecule has 0 aliphatic heterocycles.